The molecule has 1 atom stereocenters. The Morgan fingerprint density at radius 2 is 1.71 bits per heavy atom. The highest BCUT2D eigenvalue weighted by atomic mass is 32.2. The molecular formula is C20H26N2O5S. The van der Waals surface area contributed by atoms with E-state index >= 15 is 0 Å². The SMILES string of the molecule is COc1ccc(N(CC(=O)NC[C@H](C)c2ccccc2)S(C)(=O)=O)cc1OC. The molecule has 0 aliphatic carbocycles. The molecule has 8 heteroatoms. The first-order valence-corrected chi connectivity index (χ1v) is 10.6. The molecule has 0 heterocycles. The van der Waals surface area contributed by atoms with Gasteiger partial charge in [0.2, 0.25) is 15.9 Å². The van der Waals surface area contributed by atoms with Gasteiger partial charge in [-0.25, -0.2) is 8.42 Å². The van der Waals surface area contributed by atoms with Gasteiger partial charge in [0.25, 0.3) is 0 Å². The number of sulfonamides is 1. The molecule has 2 aromatic carbocycles. The number of carbonyl (C=O) groups is 1. The number of carbonyl (C=O) groups excluding carboxylic acids is 1. The number of hydrogen-bond donors (Lipinski definition) is 1. The van der Waals surface area contributed by atoms with Crippen LogP contribution in [0, 0.1) is 0 Å². The lowest BCUT2D eigenvalue weighted by Gasteiger charge is -2.23. The van der Waals surface area contributed by atoms with E-state index in [1.165, 1.54) is 20.3 Å². The van der Waals surface area contributed by atoms with Crippen molar-refractivity contribution in [2.45, 2.75) is 12.8 Å². The first-order chi connectivity index (χ1) is 13.3. The van der Waals surface area contributed by atoms with Crippen molar-refractivity contribution in [1.29, 1.82) is 0 Å². The largest absolute Gasteiger partial charge is 0.493 e. The van der Waals surface area contributed by atoms with Gasteiger partial charge in [0.1, 0.15) is 6.54 Å². The number of nitrogens with zero attached hydrogens (tertiary/aromatic N) is 1. The topological polar surface area (TPSA) is 84.9 Å². The van der Waals surface area contributed by atoms with Gasteiger partial charge < -0.3 is 14.8 Å². The van der Waals surface area contributed by atoms with Crippen LogP contribution in [0.1, 0.15) is 18.4 Å². The summed E-state index contributed by atoms with van der Waals surface area (Å²) in [7, 11) is -0.717. The molecule has 7 nitrogen and oxygen atoms in total. The maximum absolute atomic E-state index is 12.4. The number of anilines is 1. The molecule has 0 aromatic heterocycles. The number of ether oxygens (including phenoxy) is 2. The van der Waals surface area contributed by atoms with E-state index in [0.29, 0.717) is 23.7 Å². The minimum atomic E-state index is -3.67. The van der Waals surface area contributed by atoms with Crippen molar-refractivity contribution in [1.82, 2.24) is 5.32 Å². The Morgan fingerprint density at radius 3 is 2.29 bits per heavy atom. The molecule has 0 radical (unpaired) electrons. The predicted octanol–water partition coefficient (Wildman–Crippen LogP) is 2.39. The van der Waals surface area contributed by atoms with Crippen molar-refractivity contribution in [3.05, 3.63) is 54.1 Å². The van der Waals surface area contributed by atoms with Gasteiger partial charge in [0.15, 0.2) is 11.5 Å². The van der Waals surface area contributed by atoms with Crippen LogP contribution < -0.4 is 19.1 Å². The maximum atomic E-state index is 12.4. The predicted molar refractivity (Wildman–Crippen MR) is 110 cm³/mol. The van der Waals surface area contributed by atoms with Gasteiger partial charge in [-0.3, -0.25) is 9.10 Å². The lowest BCUT2D eigenvalue weighted by molar-refractivity contribution is -0.119. The van der Waals surface area contributed by atoms with E-state index in [1.807, 2.05) is 37.3 Å². The Balaban J connectivity index is 2.11. The van der Waals surface area contributed by atoms with E-state index in [-0.39, 0.29) is 18.4 Å². The maximum Gasteiger partial charge on any atom is 0.240 e. The normalized spacial score (nSPS) is 12.1. The van der Waals surface area contributed by atoms with Crippen molar-refractivity contribution >= 4 is 21.6 Å². The number of nitrogens with one attached hydrogen (secondary N) is 1. The van der Waals surface area contributed by atoms with Crippen molar-refractivity contribution in [3.8, 4) is 11.5 Å². The lowest BCUT2D eigenvalue weighted by Crippen LogP contribution is -2.41. The second-order valence-corrected chi connectivity index (χ2v) is 8.33. The molecule has 0 bridgehead atoms. The zero-order valence-electron chi connectivity index (χ0n) is 16.5. The summed E-state index contributed by atoms with van der Waals surface area (Å²) in [6.45, 7) is 2.08. The van der Waals surface area contributed by atoms with E-state index in [0.717, 1.165) is 16.1 Å². The fraction of sp³-hybridized carbons (Fsp3) is 0.350. The van der Waals surface area contributed by atoms with Crippen LogP contribution in [0.3, 0.4) is 0 Å². The second-order valence-electron chi connectivity index (χ2n) is 6.42. The molecule has 0 saturated carbocycles. The fourth-order valence-corrected chi connectivity index (χ4v) is 3.58. The van der Waals surface area contributed by atoms with Crippen LogP contribution in [0.4, 0.5) is 5.69 Å². The Bertz CT molecular complexity index is 900. The van der Waals surface area contributed by atoms with Crippen LogP contribution in [0.25, 0.3) is 0 Å². The molecule has 0 fully saturated rings. The van der Waals surface area contributed by atoms with Crippen LogP contribution in [0.2, 0.25) is 0 Å². The number of benzene rings is 2. The number of amides is 1. The molecule has 0 aliphatic rings. The summed E-state index contributed by atoms with van der Waals surface area (Å²) in [5, 5.41) is 2.80. The molecule has 28 heavy (non-hydrogen) atoms. The summed E-state index contributed by atoms with van der Waals surface area (Å²) in [5.41, 5.74) is 1.43. The minimum absolute atomic E-state index is 0.109. The summed E-state index contributed by atoms with van der Waals surface area (Å²) >= 11 is 0. The zero-order chi connectivity index (χ0) is 20.7. The molecule has 0 aliphatic heterocycles. The Hall–Kier alpha value is -2.74. The summed E-state index contributed by atoms with van der Waals surface area (Å²) in [6, 6.07) is 14.5. The van der Waals surface area contributed by atoms with Gasteiger partial charge in [-0.15, -0.1) is 0 Å². The third-order valence-corrected chi connectivity index (χ3v) is 5.46. The van der Waals surface area contributed by atoms with E-state index < -0.39 is 10.0 Å². The molecule has 0 saturated heterocycles. The number of hydrogen-bond acceptors (Lipinski definition) is 5. The standard InChI is InChI=1S/C20H26N2O5S/c1-15(16-8-6-5-7-9-16)13-21-20(23)14-22(28(4,24)25)17-10-11-18(26-2)19(12-17)27-3/h5-12,15H,13-14H2,1-4H3,(H,21,23)/t15-/m0/s1. The van der Waals surface area contributed by atoms with Gasteiger partial charge >= 0.3 is 0 Å². The van der Waals surface area contributed by atoms with Crippen molar-refractivity contribution in [3.63, 3.8) is 0 Å². The monoisotopic (exact) mass is 406 g/mol. The van der Waals surface area contributed by atoms with Gasteiger partial charge in [0, 0.05) is 12.6 Å². The number of rotatable bonds is 9. The molecule has 2 aromatic rings. The van der Waals surface area contributed by atoms with E-state index in [1.54, 1.807) is 12.1 Å². The molecule has 1 N–H and O–H groups in total. The first kappa shape index (κ1) is 21.6. The van der Waals surface area contributed by atoms with Crippen molar-refractivity contribution in [2.24, 2.45) is 0 Å². The number of methoxy groups -OCH3 is 2. The Labute approximate surface area is 166 Å². The third-order valence-electron chi connectivity index (χ3n) is 4.32. The van der Waals surface area contributed by atoms with Crippen LogP contribution in [0.15, 0.2) is 48.5 Å². The molecule has 0 unspecified atom stereocenters. The fourth-order valence-electron chi connectivity index (χ4n) is 2.73. The van der Waals surface area contributed by atoms with Crippen LogP contribution in [-0.4, -0.2) is 47.9 Å². The van der Waals surface area contributed by atoms with E-state index in [9.17, 15) is 13.2 Å². The Morgan fingerprint density at radius 1 is 1.07 bits per heavy atom. The van der Waals surface area contributed by atoms with E-state index in [4.69, 9.17) is 9.47 Å². The quantitative estimate of drug-likeness (QED) is 0.691. The smallest absolute Gasteiger partial charge is 0.240 e. The van der Waals surface area contributed by atoms with Crippen LogP contribution >= 0.6 is 0 Å². The lowest BCUT2D eigenvalue weighted by atomic mass is 10.0. The Kier molecular flexibility index (Phi) is 7.28. The highest BCUT2D eigenvalue weighted by molar-refractivity contribution is 7.92. The van der Waals surface area contributed by atoms with Gasteiger partial charge in [0.05, 0.1) is 26.2 Å². The molecule has 152 valence electrons. The summed E-state index contributed by atoms with van der Waals surface area (Å²) in [5.74, 6) is 0.577. The van der Waals surface area contributed by atoms with Gasteiger partial charge in [-0.05, 0) is 23.6 Å². The van der Waals surface area contributed by atoms with Crippen molar-refractivity contribution < 1.29 is 22.7 Å². The zero-order valence-corrected chi connectivity index (χ0v) is 17.3. The summed E-state index contributed by atoms with van der Waals surface area (Å²) in [4.78, 5) is 12.4. The summed E-state index contributed by atoms with van der Waals surface area (Å²) < 4.78 is 35.9. The average Bonchev–Trinajstić information content (AvgIpc) is 2.69. The second kappa shape index (κ2) is 9.45. The van der Waals surface area contributed by atoms with Gasteiger partial charge in [-0.2, -0.15) is 0 Å². The first-order valence-electron chi connectivity index (χ1n) is 8.77. The third kappa shape index (κ3) is 5.63. The van der Waals surface area contributed by atoms with Crippen molar-refractivity contribution in [2.75, 3.05) is 37.9 Å². The summed E-state index contributed by atoms with van der Waals surface area (Å²) in [6.07, 6.45) is 1.06. The van der Waals surface area contributed by atoms with E-state index in [2.05, 4.69) is 5.32 Å². The average molecular weight is 407 g/mol. The highest BCUT2D eigenvalue weighted by Gasteiger charge is 2.22. The highest BCUT2D eigenvalue weighted by Crippen LogP contribution is 2.32. The molecule has 2 rings (SSSR count). The van der Waals surface area contributed by atoms with Gasteiger partial charge in [-0.1, -0.05) is 37.3 Å². The minimum Gasteiger partial charge on any atom is -0.493 e. The van der Waals surface area contributed by atoms with Crippen LogP contribution in [0.5, 0.6) is 11.5 Å². The molecular weight excluding hydrogens is 380 g/mol. The van der Waals surface area contributed by atoms with Crippen LogP contribution in [-0.2, 0) is 14.8 Å². The molecule has 0 spiro atoms. The molecule has 1 amide bonds.